The van der Waals surface area contributed by atoms with Crippen LogP contribution in [-0.2, 0) is 6.54 Å². The number of piperazine rings is 1. The number of anilines is 1. The number of hydrogen-bond acceptors (Lipinski definition) is 5. The van der Waals surface area contributed by atoms with Gasteiger partial charge in [0.05, 0.1) is 11.9 Å². The molecule has 0 amide bonds. The van der Waals surface area contributed by atoms with Crippen molar-refractivity contribution >= 4 is 5.69 Å². The van der Waals surface area contributed by atoms with Crippen molar-refractivity contribution in [2.75, 3.05) is 45.2 Å². The van der Waals surface area contributed by atoms with Gasteiger partial charge in [-0.05, 0) is 27.4 Å². The number of likely N-dealkylation sites (N-methyl/N-ethyl adjacent to an activating group) is 1. The fraction of sp³-hybridized carbons (Fsp3) is 0.714. The molecular weight excluding hydrogens is 254 g/mol. The molecule has 0 aromatic carbocycles. The van der Waals surface area contributed by atoms with Gasteiger partial charge >= 0.3 is 0 Å². The summed E-state index contributed by atoms with van der Waals surface area (Å²) in [5.74, 6) is 0. The maximum atomic E-state index is 12.1. The molecule has 0 aliphatic carbocycles. The summed E-state index contributed by atoms with van der Waals surface area (Å²) in [6.45, 7) is 6.73. The summed E-state index contributed by atoms with van der Waals surface area (Å²) >= 11 is 0. The highest BCUT2D eigenvalue weighted by atomic mass is 16.1. The quantitative estimate of drug-likeness (QED) is 0.822. The van der Waals surface area contributed by atoms with Crippen molar-refractivity contribution < 1.29 is 0 Å². The Kier molecular flexibility index (Phi) is 5.14. The topological polar surface area (TPSA) is 53.4 Å². The van der Waals surface area contributed by atoms with Crippen LogP contribution in [0.3, 0.4) is 0 Å². The Labute approximate surface area is 120 Å². The third kappa shape index (κ3) is 3.80. The van der Waals surface area contributed by atoms with Gasteiger partial charge in [0.1, 0.15) is 0 Å². The third-order valence-electron chi connectivity index (χ3n) is 3.99. The van der Waals surface area contributed by atoms with Gasteiger partial charge < -0.3 is 15.1 Å². The van der Waals surface area contributed by atoms with Crippen LogP contribution in [0.1, 0.15) is 13.3 Å². The Hall–Kier alpha value is -1.40. The van der Waals surface area contributed by atoms with Crippen molar-refractivity contribution in [2.24, 2.45) is 0 Å². The number of hydrogen-bond donors (Lipinski definition) is 1. The summed E-state index contributed by atoms with van der Waals surface area (Å²) in [4.78, 5) is 16.6. The van der Waals surface area contributed by atoms with E-state index in [2.05, 4.69) is 34.2 Å². The summed E-state index contributed by atoms with van der Waals surface area (Å²) in [6.07, 6.45) is 2.72. The lowest BCUT2D eigenvalue weighted by Gasteiger charge is -2.33. The van der Waals surface area contributed by atoms with Gasteiger partial charge in [-0.1, -0.05) is 0 Å². The van der Waals surface area contributed by atoms with Crippen molar-refractivity contribution in [1.82, 2.24) is 20.0 Å². The van der Waals surface area contributed by atoms with Crippen LogP contribution in [0.15, 0.2) is 17.1 Å². The predicted octanol–water partition coefficient (Wildman–Crippen LogP) is -0.00690. The SMILES string of the molecule is CNC(C)CCn1ncc(N2CCN(C)CC2)cc1=O. The predicted molar refractivity (Wildman–Crippen MR) is 81.3 cm³/mol. The summed E-state index contributed by atoms with van der Waals surface area (Å²) in [5.41, 5.74) is 0.936. The number of nitrogens with zero attached hydrogens (tertiary/aromatic N) is 4. The first-order chi connectivity index (χ1) is 9.60. The largest absolute Gasteiger partial charge is 0.368 e. The van der Waals surface area contributed by atoms with Crippen LogP contribution in [-0.4, -0.2) is 61.0 Å². The van der Waals surface area contributed by atoms with Crippen LogP contribution in [0.4, 0.5) is 5.69 Å². The molecule has 1 aromatic heterocycles. The molecule has 112 valence electrons. The summed E-state index contributed by atoms with van der Waals surface area (Å²) in [7, 11) is 4.05. The Morgan fingerprint density at radius 3 is 2.65 bits per heavy atom. The molecule has 1 aromatic rings. The van der Waals surface area contributed by atoms with Gasteiger partial charge in [0, 0.05) is 44.8 Å². The normalized spacial score (nSPS) is 18.2. The van der Waals surface area contributed by atoms with Crippen molar-refractivity contribution in [3.05, 3.63) is 22.6 Å². The standard InChI is InChI=1S/C14H25N5O/c1-12(15-2)4-5-19-14(20)10-13(11-16-19)18-8-6-17(3)7-9-18/h10-12,15H,4-9H2,1-3H3. The molecule has 6 heteroatoms. The number of aryl methyl sites for hydroxylation is 1. The fourth-order valence-electron chi connectivity index (χ4n) is 2.29. The van der Waals surface area contributed by atoms with Gasteiger partial charge in [-0.2, -0.15) is 5.10 Å². The average molecular weight is 279 g/mol. The van der Waals surface area contributed by atoms with Gasteiger partial charge in [-0.15, -0.1) is 0 Å². The molecular formula is C14H25N5O. The summed E-state index contributed by atoms with van der Waals surface area (Å²) < 4.78 is 1.55. The first-order valence-corrected chi connectivity index (χ1v) is 7.28. The van der Waals surface area contributed by atoms with E-state index in [4.69, 9.17) is 0 Å². The van der Waals surface area contributed by atoms with E-state index in [1.807, 2.05) is 13.2 Å². The number of nitrogens with one attached hydrogen (secondary N) is 1. The second-order valence-corrected chi connectivity index (χ2v) is 5.54. The van der Waals surface area contributed by atoms with E-state index >= 15 is 0 Å². The third-order valence-corrected chi connectivity index (χ3v) is 3.99. The van der Waals surface area contributed by atoms with Crippen LogP contribution < -0.4 is 15.8 Å². The zero-order chi connectivity index (χ0) is 14.5. The van der Waals surface area contributed by atoms with E-state index in [9.17, 15) is 4.79 Å². The molecule has 6 nitrogen and oxygen atoms in total. The van der Waals surface area contributed by atoms with E-state index in [-0.39, 0.29) is 5.56 Å². The highest BCUT2D eigenvalue weighted by Crippen LogP contribution is 2.12. The van der Waals surface area contributed by atoms with Crippen LogP contribution in [0.25, 0.3) is 0 Å². The van der Waals surface area contributed by atoms with Crippen LogP contribution in [0.2, 0.25) is 0 Å². The molecule has 2 heterocycles. The highest BCUT2D eigenvalue weighted by Gasteiger charge is 2.15. The fourth-order valence-corrected chi connectivity index (χ4v) is 2.29. The molecule has 1 N–H and O–H groups in total. The van der Waals surface area contributed by atoms with Crippen molar-refractivity contribution in [3.8, 4) is 0 Å². The van der Waals surface area contributed by atoms with Crippen LogP contribution in [0, 0.1) is 0 Å². The second kappa shape index (κ2) is 6.85. The lowest BCUT2D eigenvalue weighted by molar-refractivity contribution is 0.312. The monoisotopic (exact) mass is 279 g/mol. The van der Waals surface area contributed by atoms with Gasteiger partial charge in [-0.25, -0.2) is 4.68 Å². The number of aromatic nitrogens is 2. The zero-order valence-electron chi connectivity index (χ0n) is 12.7. The van der Waals surface area contributed by atoms with E-state index < -0.39 is 0 Å². The summed E-state index contributed by atoms with van der Waals surface area (Å²) in [5, 5.41) is 7.47. The molecule has 1 atom stereocenters. The molecule has 1 aliphatic heterocycles. The lowest BCUT2D eigenvalue weighted by atomic mass is 10.2. The number of rotatable bonds is 5. The van der Waals surface area contributed by atoms with Gasteiger partial charge in [0.2, 0.25) is 0 Å². The Balaban J connectivity index is 2.00. The highest BCUT2D eigenvalue weighted by molar-refractivity contribution is 5.43. The van der Waals surface area contributed by atoms with Gasteiger partial charge in [-0.3, -0.25) is 4.79 Å². The minimum atomic E-state index is -0.00951. The van der Waals surface area contributed by atoms with Gasteiger partial charge in [0.15, 0.2) is 0 Å². The minimum absolute atomic E-state index is 0.00951. The van der Waals surface area contributed by atoms with Crippen molar-refractivity contribution in [3.63, 3.8) is 0 Å². The van der Waals surface area contributed by atoms with E-state index in [1.54, 1.807) is 10.7 Å². The maximum absolute atomic E-state index is 12.1. The molecule has 1 aliphatic rings. The van der Waals surface area contributed by atoms with Gasteiger partial charge in [0.25, 0.3) is 5.56 Å². The van der Waals surface area contributed by atoms with Crippen molar-refractivity contribution in [1.29, 1.82) is 0 Å². The Morgan fingerprint density at radius 1 is 1.35 bits per heavy atom. The molecule has 0 spiro atoms. The zero-order valence-corrected chi connectivity index (χ0v) is 12.7. The van der Waals surface area contributed by atoms with E-state index in [0.717, 1.165) is 38.3 Å². The van der Waals surface area contributed by atoms with Crippen LogP contribution >= 0.6 is 0 Å². The molecule has 1 unspecified atom stereocenters. The Bertz CT molecular complexity index is 479. The first kappa shape index (κ1) is 15.0. The smallest absolute Gasteiger partial charge is 0.268 e. The van der Waals surface area contributed by atoms with Crippen LogP contribution in [0.5, 0.6) is 0 Å². The minimum Gasteiger partial charge on any atom is -0.368 e. The molecule has 1 fully saturated rings. The lowest BCUT2D eigenvalue weighted by Crippen LogP contribution is -2.45. The van der Waals surface area contributed by atoms with Crippen molar-refractivity contribution in [2.45, 2.75) is 25.9 Å². The molecule has 0 saturated carbocycles. The average Bonchev–Trinajstić information content (AvgIpc) is 2.46. The molecule has 0 radical (unpaired) electrons. The molecule has 2 rings (SSSR count). The molecule has 1 saturated heterocycles. The first-order valence-electron chi connectivity index (χ1n) is 7.28. The van der Waals surface area contributed by atoms with E-state index in [1.165, 1.54) is 0 Å². The van der Waals surface area contributed by atoms with E-state index in [0.29, 0.717) is 12.6 Å². The Morgan fingerprint density at radius 2 is 2.05 bits per heavy atom. The second-order valence-electron chi connectivity index (χ2n) is 5.54. The molecule has 0 bridgehead atoms. The molecule has 20 heavy (non-hydrogen) atoms. The summed E-state index contributed by atoms with van der Waals surface area (Å²) in [6, 6.07) is 2.10. The maximum Gasteiger partial charge on any atom is 0.268 e.